The highest BCUT2D eigenvalue weighted by Gasteiger charge is 1.94. The first-order valence-electron chi connectivity index (χ1n) is 3.85. The van der Waals surface area contributed by atoms with Crippen LogP contribution in [0.4, 0.5) is 0 Å². The average Bonchev–Trinajstić information content (AvgIpc) is 2.75. The van der Waals surface area contributed by atoms with Crippen LogP contribution in [-0.2, 0) is 0 Å². The van der Waals surface area contributed by atoms with Gasteiger partial charge in [-0.05, 0) is 11.6 Å². The predicted molar refractivity (Wildman–Crippen MR) is 52.4 cm³/mol. The van der Waals surface area contributed by atoms with Crippen LogP contribution in [-0.4, -0.2) is 10.2 Å². The number of aromatic amines is 1. The molecule has 1 aromatic heterocycles. The lowest BCUT2D eigenvalue weighted by atomic mass is 10.2. The lowest BCUT2D eigenvalue weighted by Crippen LogP contribution is -2.02. The number of rotatable bonds is 1. The fourth-order valence-corrected chi connectivity index (χ4v) is 1.03. The average molecular weight is 176 g/mol. The van der Waals surface area contributed by atoms with Crippen LogP contribution in [0, 0.1) is 0 Å². The van der Waals surface area contributed by atoms with E-state index in [-0.39, 0.29) is 0 Å². The molecule has 0 aliphatic heterocycles. The molecule has 0 amide bonds. The van der Waals surface area contributed by atoms with Crippen LogP contribution in [0.2, 0.25) is 0 Å². The molecule has 0 atom stereocenters. The van der Waals surface area contributed by atoms with Crippen LogP contribution in [0.3, 0.4) is 0 Å². The van der Waals surface area contributed by atoms with Crippen molar-refractivity contribution in [3.05, 3.63) is 42.6 Å². The maximum absolute atomic E-state index is 4.00. The van der Waals surface area contributed by atoms with Gasteiger partial charge in [-0.25, -0.2) is 0 Å². The number of hydrazine groups is 1. The summed E-state index contributed by atoms with van der Waals surface area (Å²) in [6.07, 6.45) is 1.75. The SMILES string of the molecule is NN.c1ccc(-c2ccn[nH]2)cc1. The quantitative estimate of drug-likeness (QED) is 0.446. The highest BCUT2D eigenvalue weighted by molar-refractivity contribution is 5.57. The third-order valence-corrected chi connectivity index (χ3v) is 1.59. The first kappa shape index (κ1) is 9.44. The molecule has 2 aromatic rings. The second-order valence-corrected chi connectivity index (χ2v) is 2.34. The molecule has 13 heavy (non-hydrogen) atoms. The van der Waals surface area contributed by atoms with Gasteiger partial charge in [0.05, 0.1) is 5.69 Å². The Labute approximate surface area is 76.5 Å². The second kappa shape index (κ2) is 5.08. The van der Waals surface area contributed by atoms with Gasteiger partial charge in [0, 0.05) is 6.20 Å². The molecular weight excluding hydrogens is 164 g/mol. The minimum Gasteiger partial charge on any atom is -0.278 e. The van der Waals surface area contributed by atoms with Gasteiger partial charge in [-0.3, -0.25) is 16.8 Å². The monoisotopic (exact) mass is 176 g/mol. The molecule has 5 N–H and O–H groups in total. The number of benzene rings is 1. The van der Waals surface area contributed by atoms with Crippen molar-refractivity contribution in [2.45, 2.75) is 0 Å². The predicted octanol–water partition coefficient (Wildman–Crippen LogP) is 0.895. The van der Waals surface area contributed by atoms with Crippen molar-refractivity contribution in [1.29, 1.82) is 0 Å². The zero-order chi connectivity index (χ0) is 9.52. The summed E-state index contributed by atoms with van der Waals surface area (Å²) >= 11 is 0. The van der Waals surface area contributed by atoms with Gasteiger partial charge >= 0.3 is 0 Å². The summed E-state index contributed by atoms with van der Waals surface area (Å²) in [5, 5.41) is 6.78. The molecule has 0 saturated heterocycles. The van der Waals surface area contributed by atoms with E-state index >= 15 is 0 Å². The summed E-state index contributed by atoms with van der Waals surface area (Å²) in [6.45, 7) is 0. The van der Waals surface area contributed by atoms with Gasteiger partial charge < -0.3 is 0 Å². The lowest BCUT2D eigenvalue weighted by Gasteiger charge is -1.93. The Bertz CT molecular complexity index is 315. The van der Waals surface area contributed by atoms with Crippen molar-refractivity contribution < 1.29 is 0 Å². The summed E-state index contributed by atoms with van der Waals surface area (Å²) in [5.41, 5.74) is 2.23. The molecule has 0 unspecified atom stereocenters. The van der Waals surface area contributed by atoms with E-state index in [1.165, 1.54) is 5.56 Å². The molecule has 0 fully saturated rings. The summed E-state index contributed by atoms with van der Waals surface area (Å²) in [5.74, 6) is 8.00. The Morgan fingerprint density at radius 2 is 1.69 bits per heavy atom. The molecule has 4 nitrogen and oxygen atoms in total. The van der Waals surface area contributed by atoms with E-state index in [0.717, 1.165) is 5.69 Å². The van der Waals surface area contributed by atoms with Crippen molar-refractivity contribution in [3.8, 4) is 11.3 Å². The first-order valence-corrected chi connectivity index (χ1v) is 3.85. The Hall–Kier alpha value is -1.65. The molecule has 0 bridgehead atoms. The van der Waals surface area contributed by atoms with E-state index in [4.69, 9.17) is 0 Å². The maximum Gasteiger partial charge on any atom is 0.0650 e. The van der Waals surface area contributed by atoms with Crippen molar-refractivity contribution in [3.63, 3.8) is 0 Å². The van der Waals surface area contributed by atoms with Crippen LogP contribution >= 0.6 is 0 Å². The smallest absolute Gasteiger partial charge is 0.0650 e. The molecule has 2 rings (SSSR count). The molecule has 1 aromatic carbocycles. The number of nitrogens with two attached hydrogens (primary N) is 2. The normalized spacial score (nSPS) is 8.77. The van der Waals surface area contributed by atoms with E-state index < -0.39 is 0 Å². The van der Waals surface area contributed by atoms with E-state index in [1.807, 2.05) is 36.4 Å². The van der Waals surface area contributed by atoms with Crippen LogP contribution in [0.15, 0.2) is 42.6 Å². The summed E-state index contributed by atoms with van der Waals surface area (Å²) in [4.78, 5) is 0. The molecule has 0 saturated carbocycles. The summed E-state index contributed by atoms with van der Waals surface area (Å²) < 4.78 is 0. The van der Waals surface area contributed by atoms with Gasteiger partial charge in [0.25, 0.3) is 0 Å². The fraction of sp³-hybridized carbons (Fsp3) is 0. The van der Waals surface area contributed by atoms with Crippen molar-refractivity contribution in [2.75, 3.05) is 0 Å². The molecule has 1 heterocycles. The van der Waals surface area contributed by atoms with Gasteiger partial charge in [-0.1, -0.05) is 30.3 Å². The summed E-state index contributed by atoms with van der Waals surface area (Å²) in [6, 6.07) is 12.1. The summed E-state index contributed by atoms with van der Waals surface area (Å²) in [7, 11) is 0. The topological polar surface area (TPSA) is 80.7 Å². The van der Waals surface area contributed by atoms with Gasteiger partial charge in [-0.15, -0.1) is 0 Å². The Kier molecular flexibility index (Phi) is 3.69. The number of nitrogens with zero attached hydrogens (tertiary/aromatic N) is 1. The second-order valence-electron chi connectivity index (χ2n) is 2.34. The van der Waals surface area contributed by atoms with Crippen molar-refractivity contribution in [1.82, 2.24) is 10.2 Å². The highest BCUT2D eigenvalue weighted by Crippen LogP contribution is 2.13. The lowest BCUT2D eigenvalue weighted by molar-refractivity contribution is 1.10. The first-order chi connectivity index (χ1) is 6.47. The zero-order valence-electron chi connectivity index (χ0n) is 7.14. The van der Waals surface area contributed by atoms with E-state index in [2.05, 4.69) is 21.9 Å². The third kappa shape index (κ3) is 2.40. The van der Waals surface area contributed by atoms with Gasteiger partial charge in [0.1, 0.15) is 0 Å². The Morgan fingerprint density at radius 3 is 2.23 bits per heavy atom. The Morgan fingerprint density at radius 1 is 1.00 bits per heavy atom. The van der Waals surface area contributed by atoms with Gasteiger partial charge in [-0.2, -0.15) is 5.10 Å². The fourth-order valence-electron chi connectivity index (χ4n) is 1.03. The number of aromatic nitrogens is 2. The number of hydrogen-bond donors (Lipinski definition) is 3. The largest absolute Gasteiger partial charge is 0.278 e. The standard InChI is InChI=1S/C9H8N2.H4N2/c1-2-4-8(5-3-1)9-6-7-10-11-9;1-2/h1-7H,(H,10,11);1-2H2. The van der Waals surface area contributed by atoms with Crippen LogP contribution < -0.4 is 11.7 Å². The molecular formula is C9H12N4. The van der Waals surface area contributed by atoms with E-state index in [1.54, 1.807) is 6.20 Å². The van der Waals surface area contributed by atoms with Crippen LogP contribution in [0.1, 0.15) is 0 Å². The van der Waals surface area contributed by atoms with Gasteiger partial charge in [0.2, 0.25) is 0 Å². The Balaban J connectivity index is 0.000000396. The number of H-pyrrole nitrogens is 1. The van der Waals surface area contributed by atoms with Crippen LogP contribution in [0.5, 0.6) is 0 Å². The van der Waals surface area contributed by atoms with Crippen LogP contribution in [0.25, 0.3) is 11.3 Å². The molecule has 0 aliphatic carbocycles. The molecule has 0 aliphatic rings. The zero-order valence-corrected chi connectivity index (χ0v) is 7.14. The van der Waals surface area contributed by atoms with Gasteiger partial charge in [0.15, 0.2) is 0 Å². The minimum absolute atomic E-state index is 1.06. The van der Waals surface area contributed by atoms with E-state index in [0.29, 0.717) is 0 Å². The molecule has 0 spiro atoms. The number of nitrogens with one attached hydrogen (secondary N) is 1. The highest BCUT2D eigenvalue weighted by atomic mass is 15.1. The number of hydrogen-bond acceptors (Lipinski definition) is 3. The van der Waals surface area contributed by atoms with E-state index in [9.17, 15) is 0 Å². The minimum atomic E-state index is 1.06. The molecule has 68 valence electrons. The molecule has 4 heteroatoms. The third-order valence-electron chi connectivity index (χ3n) is 1.59. The van der Waals surface area contributed by atoms with Crippen molar-refractivity contribution in [2.24, 2.45) is 11.7 Å². The molecule has 0 radical (unpaired) electrons. The van der Waals surface area contributed by atoms with Crippen molar-refractivity contribution >= 4 is 0 Å². The maximum atomic E-state index is 4.00.